The summed E-state index contributed by atoms with van der Waals surface area (Å²) in [5.74, 6) is -7.05. The predicted molar refractivity (Wildman–Crippen MR) is 135 cm³/mol. The number of hydrogen-bond donors (Lipinski definition) is 0. The zero-order valence-electron chi connectivity index (χ0n) is 21.1. The van der Waals surface area contributed by atoms with E-state index in [1.807, 2.05) is 0 Å². The number of ether oxygens (including phenoxy) is 1. The van der Waals surface area contributed by atoms with Crippen molar-refractivity contribution in [1.29, 1.82) is 0 Å². The topological polar surface area (TPSA) is 57.8 Å². The first-order valence-electron chi connectivity index (χ1n) is 11.7. The van der Waals surface area contributed by atoms with Crippen molar-refractivity contribution in [2.45, 2.75) is 32.7 Å². The number of hydrogen-bond acceptors (Lipinski definition) is 4. The summed E-state index contributed by atoms with van der Waals surface area (Å²) in [5.41, 5.74) is 1.95. The van der Waals surface area contributed by atoms with Crippen LogP contribution in [-0.2, 0) is 5.92 Å². The van der Waals surface area contributed by atoms with Crippen LogP contribution in [0, 0.1) is 24.4 Å². The number of pyridine rings is 1. The highest BCUT2D eigenvalue weighted by Crippen LogP contribution is 2.40. The third-order valence-corrected chi connectivity index (χ3v) is 7.02. The van der Waals surface area contributed by atoms with Crippen molar-refractivity contribution in [3.63, 3.8) is 0 Å². The maximum absolute atomic E-state index is 14.6. The molecule has 1 atom stereocenters. The molecule has 3 aromatic rings. The lowest BCUT2D eigenvalue weighted by Gasteiger charge is -2.23. The largest absolute Gasteiger partial charge is 0.495 e. The van der Waals surface area contributed by atoms with Gasteiger partial charge in [0.1, 0.15) is 22.9 Å². The molecular formula is C27H21ClF5N5O. The minimum Gasteiger partial charge on any atom is -0.495 e. The highest BCUT2D eigenvalue weighted by molar-refractivity contribution is 6.30. The molecule has 39 heavy (non-hydrogen) atoms. The van der Waals surface area contributed by atoms with E-state index in [1.165, 1.54) is 24.7 Å². The minimum absolute atomic E-state index is 0.0253. The summed E-state index contributed by atoms with van der Waals surface area (Å²) < 4.78 is 79.2. The Labute approximate surface area is 225 Å². The highest BCUT2D eigenvalue weighted by atomic mass is 35.5. The summed E-state index contributed by atoms with van der Waals surface area (Å²) in [6, 6.07) is 7.12. The fraction of sp³-hybridized carbons (Fsp3) is 0.222. The predicted octanol–water partition coefficient (Wildman–Crippen LogP) is 7.34. The van der Waals surface area contributed by atoms with Gasteiger partial charge < -0.3 is 9.30 Å². The van der Waals surface area contributed by atoms with Crippen LogP contribution < -0.4 is 4.74 Å². The molecule has 12 heteroatoms. The van der Waals surface area contributed by atoms with Crippen molar-refractivity contribution < 1.29 is 26.7 Å². The van der Waals surface area contributed by atoms with E-state index in [-0.39, 0.29) is 28.2 Å². The average Bonchev–Trinajstić information content (AvgIpc) is 3.48. The van der Waals surface area contributed by atoms with Gasteiger partial charge in [0, 0.05) is 29.8 Å². The Morgan fingerprint density at radius 2 is 1.72 bits per heavy atom. The van der Waals surface area contributed by atoms with Crippen molar-refractivity contribution in [1.82, 2.24) is 24.3 Å². The van der Waals surface area contributed by atoms with E-state index >= 15 is 0 Å². The molecule has 6 nitrogen and oxygen atoms in total. The first-order valence-corrected chi connectivity index (χ1v) is 12.1. The molecule has 1 unspecified atom stereocenters. The Kier molecular flexibility index (Phi) is 6.58. The smallest absolute Gasteiger partial charge is 0.271 e. The number of imidazole rings is 1. The van der Waals surface area contributed by atoms with Gasteiger partial charge >= 0.3 is 0 Å². The fourth-order valence-corrected chi connectivity index (χ4v) is 4.56. The third-order valence-electron chi connectivity index (χ3n) is 6.57. The zero-order chi connectivity index (χ0) is 28.2. The standard InChI is InChI=1S/C27H21ClF5N5O/c1-13-25(28)38(12-34-13)21-6-5-15(9-22(21)39-4)24-18-10-17(27(3,32)33)11-37(26(18)36-35-24)14(2)16-7-19(29)23(31)20(30)8-16/h5-12,14H,1-4H3. The second-order valence-electron chi connectivity index (χ2n) is 9.16. The molecule has 0 fully saturated rings. The quantitative estimate of drug-likeness (QED) is 0.161. The second-order valence-corrected chi connectivity index (χ2v) is 9.52. The maximum Gasteiger partial charge on any atom is 0.271 e. The van der Waals surface area contributed by atoms with Crippen LogP contribution in [0.3, 0.4) is 0 Å². The molecule has 202 valence electrons. The van der Waals surface area contributed by atoms with Crippen molar-refractivity contribution in [3.05, 3.63) is 88.3 Å². The van der Waals surface area contributed by atoms with Crippen molar-refractivity contribution in [2.24, 2.45) is 0 Å². The Hall–Kier alpha value is -3.99. The van der Waals surface area contributed by atoms with Gasteiger partial charge in [-0.2, -0.15) is 0 Å². The van der Waals surface area contributed by atoms with Gasteiger partial charge in [-0.1, -0.05) is 17.7 Å². The molecule has 1 aromatic heterocycles. The van der Waals surface area contributed by atoms with E-state index in [9.17, 15) is 22.0 Å². The molecule has 0 saturated carbocycles. The number of aromatic nitrogens is 5. The van der Waals surface area contributed by atoms with Crippen molar-refractivity contribution in [2.75, 3.05) is 7.11 Å². The van der Waals surface area contributed by atoms with E-state index in [0.29, 0.717) is 27.8 Å². The molecule has 0 aliphatic carbocycles. The molecule has 0 amide bonds. The van der Waals surface area contributed by atoms with Crippen LogP contribution in [0.15, 0.2) is 48.9 Å². The molecule has 0 radical (unpaired) electrons. The van der Waals surface area contributed by atoms with E-state index in [2.05, 4.69) is 15.2 Å². The SMILES string of the molecule is COc1cc(-c2nnc3n(C(C)c4cc(F)c(F)c(F)c4)cc(C(C)(F)F)cc2-3)ccc1-n1cnc(C)c1Cl. The molecule has 2 aliphatic rings. The Morgan fingerprint density at radius 1 is 1.03 bits per heavy atom. The molecule has 0 saturated heterocycles. The average molecular weight is 562 g/mol. The highest BCUT2D eigenvalue weighted by Gasteiger charge is 2.31. The first-order chi connectivity index (χ1) is 18.4. The number of benzene rings is 2. The number of rotatable bonds is 6. The number of nitrogens with zero attached hydrogens (tertiary/aromatic N) is 5. The summed E-state index contributed by atoms with van der Waals surface area (Å²) in [6.45, 7) is 4.03. The van der Waals surface area contributed by atoms with Crippen LogP contribution >= 0.6 is 11.6 Å². The summed E-state index contributed by atoms with van der Waals surface area (Å²) in [6.07, 6.45) is 2.70. The van der Waals surface area contributed by atoms with Gasteiger partial charge in [-0.25, -0.2) is 26.9 Å². The van der Waals surface area contributed by atoms with Gasteiger partial charge in [0.05, 0.1) is 24.5 Å². The van der Waals surface area contributed by atoms with E-state index in [0.717, 1.165) is 25.3 Å². The third kappa shape index (κ3) is 4.60. The van der Waals surface area contributed by atoms with Crippen LogP contribution in [0.4, 0.5) is 22.0 Å². The molecule has 2 aliphatic heterocycles. The number of methoxy groups -OCH3 is 1. The van der Waals surface area contributed by atoms with Gasteiger partial charge in [0.15, 0.2) is 23.3 Å². The summed E-state index contributed by atoms with van der Waals surface area (Å²) in [4.78, 5) is 4.19. The molecule has 0 spiro atoms. The first kappa shape index (κ1) is 26.6. The van der Waals surface area contributed by atoms with Gasteiger partial charge in [-0.05, 0) is 49.7 Å². The normalized spacial score (nSPS) is 12.8. The lowest BCUT2D eigenvalue weighted by molar-refractivity contribution is 0.0167. The second kappa shape index (κ2) is 9.64. The van der Waals surface area contributed by atoms with Gasteiger partial charge in [-0.3, -0.25) is 4.57 Å². The molecule has 2 aromatic carbocycles. The van der Waals surface area contributed by atoms with Crippen LogP contribution in [0.5, 0.6) is 5.75 Å². The van der Waals surface area contributed by atoms with E-state index in [1.54, 1.807) is 36.0 Å². The fourth-order valence-electron chi connectivity index (χ4n) is 4.38. The van der Waals surface area contributed by atoms with Crippen LogP contribution in [0.1, 0.15) is 36.7 Å². The van der Waals surface area contributed by atoms with Crippen molar-refractivity contribution >= 4 is 11.6 Å². The molecular weight excluding hydrogens is 541 g/mol. The molecule has 0 N–H and O–H groups in total. The Bertz CT molecular complexity index is 1650. The number of halogens is 6. The Morgan fingerprint density at radius 3 is 2.31 bits per heavy atom. The van der Waals surface area contributed by atoms with Crippen LogP contribution in [-0.4, -0.2) is 31.4 Å². The molecule has 5 rings (SSSR count). The zero-order valence-corrected chi connectivity index (χ0v) is 21.9. The molecule has 3 heterocycles. The lowest BCUT2D eigenvalue weighted by atomic mass is 10.00. The number of aryl methyl sites for hydroxylation is 1. The lowest BCUT2D eigenvalue weighted by Crippen LogP contribution is -2.17. The molecule has 0 bridgehead atoms. The number of fused-ring (bicyclic) bond motifs is 1. The Balaban J connectivity index is 1.65. The van der Waals surface area contributed by atoms with Crippen LogP contribution in [0.25, 0.3) is 28.3 Å². The van der Waals surface area contributed by atoms with Gasteiger partial charge in [0.2, 0.25) is 0 Å². The van der Waals surface area contributed by atoms with Crippen molar-refractivity contribution in [3.8, 4) is 34.1 Å². The van der Waals surface area contributed by atoms with E-state index < -0.39 is 29.4 Å². The summed E-state index contributed by atoms with van der Waals surface area (Å²) >= 11 is 6.36. The van der Waals surface area contributed by atoms with Gasteiger partial charge in [0.25, 0.3) is 5.92 Å². The summed E-state index contributed by atoms with van der Waals surface area (Å²) in [5, 5.41) is 8.86. The summed E-state index contributed by atoms with van der Waals surface area (Å²) in [7, 11) is 1.47. The van der Waals surface area contributed by atoms with Crippen LogP contribution in [0.2, 0.25) is 5.15 Å². The maximum atomic E-state index is 14.6. The van der Waals surface area contributed by atoms with Gasteiger partial charge in [-0.15, -0.1) is 10.2 Å². The monoisotopic (exact) mass is 561 g/mol. The minimum atomic E-state index is -3.26. The number of alkyl halides is 2. The van der Waals surface area contributed by atoms with E-state index in [4.69, 9.17) is 16.3 Å².